The highest BCUT2D eigenvalue weighted by Crippen LogP contribution is 2.16. The lowest BCUT2D eigenvalue weighted by atomic mass is 10.1. The molecule has 1 amide bonds. The van der Waals surface area contributed by atoms with Crippen LogP contribution in [0.1, 0.15) is 37.7 Å². The first kappa shape index (κ1) is 16.6. The number of carbonyl (C=O) groups excluding carboxylic acids is 2. The van der Waals surface area contributed by atoms with Crippen molar-refractivity contribution in [1.29, 1.82) is 0 Å². The van der Waals surface area contributed by atoms with Crippen LogP contribution in [0.3, 0.4) is 0 Å². The molecule has 2 heterocycles. The van der Waals surface area contributed by atoms with Crippen molar-refractivity contribution in [2.45, 2.75) is 44.8 Å². The molecule has 1 atom stereocenters. The maximum Gasteiger partial charge on any atom is 0.354 e. The Hall–Kier alpha value is -2.21. The van der Waals surface area contributed by atoms with E-state index in [1.54, 1.807) is 0 Å². The van der Waals surface area contributed by atoms with E-state index < -0.39 is 5.97 Å². The van der Waals surface area contributed by atoms with E-state index in [-0.39, 0.29) is 25.0 Å². The summed E-state index contributed by atoms with van der Waals surface area (Å²) >= 11 is 0. The molecule has 1 aromatic carbocycles. The highest BCUT2D eigenvalue weighted by molar-refractivity contribution is 6.37. The van der Waals surface area contributed by atoms with Crippen LogP contribution in [0, 0.1) is 0 Å². The molecule has 128 valence electrons. The summed E-state index contributed by atoms with van der Waals surface area (Å²) in [6.07, 6.45) is 3.66. The molecule has 2 aliphatic rings. The summed E-state index contributed by atoms with van der Waals surface area (Å²) in [4.78, 5) is 24.2. The quantitative estimate of drug-likeness (QED) is 0.777. The van der Waals surface area contributed by atoms with Crippen LogP contribution in [0.4, 0.5) is 0 Å². The third-order valence-corrected chi connectivity index (χ3v) is 4.19. The van der Waals surface area contributed by atoms with Crippen LogP contribution in [0.15, 0.2) is 35.4 Å². The first-order valence-corrected chi connectivity index (χ1v) is 8.43. The van der Waals surface area contributed by atoms with Gasteiger partial charge >= 0.3 is 5.97 Å². The fourth-order valence-corrected chi connectivity index (χ4v) is 2.82. The van der Waals surface area contributed by atoms with Gasteiger partial charge in [0, 0.05) is 19.4 Å². The summed E-state index contributed by atoms with van der Waals surface area (Å²) in [5, 5.41) is 5.56. The van der Waals surface area contributed by atoms with Gasteiger partial charge in [-0.25, -0.2) is 9.80 Å². The van der Waals surface area contributed by atoms with Crippen LogP contribution >= 0.6 is 0 Å². The molecule has 0 saturated carbocycles. The SMILES string of the molecule is O=C(OCC1CCCCO1)C1=NN(Cc2ccccc2)C(=O)CC1. The van der Waals surface area contributed by atoms with E-state index in [9.17, 15) is 9.59 Å². The third kappa shape index (κ3) is 4.41. The molecule has 1 saturated heterocycles. The summed E-state index contributed by atoms with van der Waals surface area (Å²) in [5.41, 5.74) is 1.28. The van der Waals surface area contributed by atoms with Crippen molar-refractivity contribution in [2.75, 3.05) is 13.2 Å². The van der Waals surface area contributed by atoms with Gasteiger partial charge in [0.1, 0.15) is 12.3 Å². The maximum absolute atomic E-state index is 12.2. The van der Waals surface area contributed by atoms with Crippen LogP contribution in [0.25, 0.3) is 0 Å². The molecule has 1 aromatic rings. The standard InChI is InChI=1S/C18H22N2O4/c21-17-10-9-16(18(22)24-13-15-8-4-5-11-23-15)19-20(17)12-14-6-2-1-3-7-14/h1-3,6-7,15H,4-5,8-13H2. The molecule has 0 aromatic heterocycles. The van der Waals surface area contributed by atoms with E-state index in [0.717, 1.165) is 31.4 Å². The molecule has 0 spiro atoms. The first-order chi connectivity index (χ1) is 11.7. The molecule has 0 N–H and O–H groups in total. The lowest BCUT2D eigenvalue weighted by Crippen LogP contribution is -2.35. The Morgan fingerprint density at radius 1 is 1.25 bits per heavy atom. The lowest BCUT2D eigenvalue weighted by molar-refractivity contribution is -0.141. The van der Waals surface area contributed by atoms with E-state index >= 15 is 0 Å². The fraction of sp³-hybridized carbons (Fsp3) is 0.500. The van der Waals surface area contributed by atoms with Crippen molar-refractivity contribution in [2.24, 2.45) is 5.10 Å². The minimum atomic E-state index is -0.449. The third-order valence-electron chi connectivity index (χ3n) is 4.19. The monoisotopic (exact) mass is 330 g/mol. The van der Waals surface area contributed by atoms with E-state index in [1.165, 1.54) is 5.01 Å². The highest BCUT2D eigenvalue weighted by atomic mass is 16.6. The Kier molecular flexibility index (Phi) is 5.59. The van der Waals surface area contributed by atoms with Gasteiger partial charge in [0.15, 0.2) is 0 Å². The second kappa shape index (κ2) is 8.06. The normalized spacial score (nSPS) is 21.3. The predicted octanol–water partition coefficient (Wildman–Crippen LogP) is 2.28. The Bertz CT molecular complexity index is 609. The summed E-state index contributed by atoms with van der Waals surface area (Å²) in [7, 11) is 0. The maximum atomic E-state index is 12.2. The van der Waals surface area contributed by atoms with Gasteiger partial charge in [0.25, 0.3) is 0 Å². The zero-order valence-electron chi connectivity index (χ0n) is 13.6. The molecule has 24 heavy (non-hydrogen) atoms. The van der Waals surface area contributed by atoms with Gasteiger partial charge in [-0.15, -0.1) is 0 Å². The van der Waals surface area contributed by atoms with Gasteiger partial charge in [0.2, 0.25) is 5.91 Å². The molecule has 0 aliphatic carbocycles. The number of amides is 1. The van der Waals surface area contributed by atoms with Crippen LogP contribution in [-0.4, -0.2) is 41.9 Å². The molecular weight excluding hydrogens is 308 g/mol. The van der Waals surface area contributed by atoms with Crippen molar-refractivity contribution in [3.8, 4) is 0 Å². The number of esters is 1. The van der Waals surface area contributed by atoms with Gasteiger partial charge in [0.05, 0.1) is 12.6 Å². The van der Waals surface area contributed by atoms with Crippen molar-refractivity contribution < 1.29 is 19.1 Å². The Morgan fingerprint density at radius 2 is 2.08 bits per heavy atom. The zero-order valence-corrected chi connectivity index (χ0v) is 13.6. The van der Waals surface area contributed by atoms with Gasteiger partial charge in [-0.2, -0.15) is 5.10 Å². The van der Waals surface area contributed by atoms with Gasteiger partial charge < -0.3 is 9.47 Å². The van der Waals surface area contributed by atoms with Gasteiger partial charge in [-0.05, 0) is 24.8 Å². The van der Waals surface area contributed by atoms with Gasteiger partial charge in [-0.3, -0.25) is 4.79 Å². The number of benzene rings is 1. The summed E-state index contributed by atoms with van der Waals surface area (Å²) in [6.45, 7) is 1.34. The number of hydrogen-bond donors (Lipinski definition) is 0. The van der Waals surface area contributed by atoms with E-state index in [4.69, 9.17) is 9.47 Å². The molecule has 1 fully saturated rings. The Balaban J connectivity index is 1.58. The van der Waals surface area contributed by atoms with E-state index in [1.807, 2.05) is 30.3 Å². The molecular formula is C18H22N2O4. The predicted molar refractivity (Wildman–Crippen MR) is 88.2 cm³/mol. The topological polar surface area (TPSA) is 68.2 Å². The van der Waals surface area contributed by atoms with Crippen molar-refractivity contribution in [1.82, 2.24) is 5.01 Å². The molecule has 3 rings (SSSR count). The van der Waals surface area contributed by atoms with Gasteiger partial charge in [-0.1, -0.05) is 30.3 Å². The Morgan fingerprint density at radius 3 is 2.83 bits per heavy atom. The highest BCUT2D eigenvalue weighted by Gasteiger charge is 2.26. The lowest BCUT2D eigenvalue weighted by Gasteiger charge is -2.24. The number of hydrazone groups is 1. The molecule has 1 unspecified atom stereocenters. The Labute approximate surface area is 141 Å². The summed E-state index contributed by atoms with van der Waals surface area (Å²) in [5.74, 6) is -0.527. The van der Waals surface area contributed by atoms with Crippen LogP contribution in [0.2, 0.25) is 0 Å². The number of rotatable bonds is 5. The number of ether oxygens (including phenoxy) is 2. The molecule has 6 heteroatoms. The smallest absolute Gasteiger partial charge is 0.354 e. The number of nitrogens with zero attached hydrogens (tertiary/aromatic N) is 2. The fourth-order valence-electron chi connectivity index (χ4n) is 2.82. The molecule has 0 radical (unpaired) electrons. The largest absolute Gasteiger partial charge is 0.458 e. The van der Waals surface area contributed by atoms with Crippen molar-refractivity contribution in [3.05, 3.63) is 35.9 Å². The number of carbonyl (C=O) groups is 2. The van der Waals surface area contributed by atoms with Crippen molar-refractivity contribution in [3.63, 3.8) is 0 Å². The van der Waals surface area contributed by atoms with Crippen molar-refractivity contribution >= 4 is 17.6 Å². The summed E-state index contributed by atoms with van der Waals surface area (Å²) in [6, 6.07) is 9.59. The second-order valence-electron chi connectivity index (χ2n) is 6.07. The zero-order chi connectivity index (χ0) is 16.8. The van der Waals surface area contributed by atoms with E-state index in [0.29, 0.717) is 18.7 Å². The minimum absolute atomic E-state index is 0.0195. The number of hydrogen-bond acceptors (Lipinski definition) is 5. The summed E-state index contributed by atoms with van der Waals surface area (Å²) < 4.78 is 10.9. The average Bonchev–Trinajstić information content (AvgIpc) is 2.63. The minimum Gasteiger partial charge on any atom is -0.458 e. The van der Waals surface area contributed by atoms with Crippen LogP contribution in [-0.2, 0) is 25.6 Å². The van der Waals surface area contributed by atoms with Crippen LogP contribution in [0.5, 0.6) is 0 Å². The average molecular weight is 330 g/mol. The van der Waals surface area contributed by atoms with E-state index in [2.05, 4.69) is 5.10 Å². The second-order valence-corrected chi connectivity index (χ2v) is 6.07. The van der Waals surface area contributed by atoms with Crippen LogP contribution < -0.4 is 0 Å². The molecule has 6 nitrogen and oxygen atoms in total. The molecule has 0 bridgehead atoms. The molecule has 2 aliphatic heterocycles. The first-order valence-electron chi connectivity index (χ1n) is 8.43.